The number of para-hydroxylation sites is 1. The van der Waals surface area contributed by atoms with Crippen LogP contribution in [0.25, 0.3) is 0 Å². The molecule has 1 N–H and O–H groups in total. The zero-order valence-electron chi connectivity index (χ0n) is 13.2. The van der Waals surface area contributed by atoms with Gasteiger partial charge in [-0.15, -0.1) is 0 Å². The van der Waals surface area contributed by atoms with Crippen LogP contribution in [0.5, 0.6) is 0 Å². The minimum Gasteiger partial charge on any atom is -0.336 e. The van der Waals surface area contributed by atoms with Gasteiger partial charge in [-0.25, -0.2) is 4.79 Å². The van der Waals surface area contributed by atoms with Gasteiger partial charge in [-0.1, -0.05) is 43.5 Å². The topological polar surface area (TPSA) is 47.9 Å². The van der Waals surface area contributed by atoms with Crippen molar-refractivity contribution >= 4 is 17.9 Å². The van der Waals surface area contributed by atoms with E-state index in [4.69, 9.17) is 0 Å². The van der Waals surface area contributed by atoms with Crippen molar-refractivity contribution in [3.8, 4) is 0 Å². The molecule has 0 bridgehead atoms. The molecule has 5 heteroatoms. The summed E-state index contributed by atoms with van der Waals surface area (Å²) in [4.78, 5) is 12.8. The molecule has 5 nitrogen and oxygen atoms in total. The monoisotopic (exact) mass is 310 g/mol. The molecule has 23 heavy (non-hydrogen) atoms. The van der Waals surface area contributed by atoms with E-state index < -0.39 is 0 Å². The summed E-state index contributed by atoms with van der Waals surface area (Å²) in [7, 11) is 0. The predicted molar refractivity (Wildman–Crippen MR) is 91.1 cm³/mol. The van der Waals surface area contributed by atoms with Gasteiger partial charge in [0.25, 0.3) is 0 Å². The SMILES string of the molecule is O=C(NCC1CCCCC1)N1c2ccccc2C2C=CC=NN21. The molecule has 1 aliphatic carbocycles. The predicted octanol–water partition coefficient (Wildman–Crippen LogP) is 3.61. The second kappa shape index (κ2) is 6.07. The van der Waals surface area contributed by atoms with Crippen LogP contribution in [-0.4, -0.2) is 23.9 Å². The van der Waals surface area contributed by atoms with E-state index in [-0.39, 0.29) is 12.1 Å². The molecule has 0 radical (unpaired) electrons. The highest BCUT2D eigenvalue weighted by molar-refractivity contribution is 5.94. The Labute approximate surface area is 136 Å². The molecule has 0 aromatic heterocycles. The lowest BCUT2D eigenvalue weighted by Crippen LogP contribution is -2.48. The van der Waals surface area contributed by atoms with E-state index >= 15 is 0 Å². The number of urea groups is 1. The number of hydrogen-bond acceptors (Lipinski definition) is 3. The van der Waals surface area contributed by atoms with Crippen LogP contribution in [-0.2, 0) is 0 Å². The maximum atomic E-state index is 12.8. The first-order valence-corrected chi connectivity index (χ1v) is 8.51. The maximum absolute atomic E-state index is 12.8. The molecule has 2 aliphatic heterocycles. The number of anilines is 1. The van der Waals surface area contributed by atoms with E-state index in [2.05, 4.69) is 22.6 Å². The number of fused-ring (bicyclic) bond motifs is 3. The molecule has 2 amide bonds. The highest BCUT2D eigenvalue weighted by atomic mass is 16.2. The lowest BCUT2D eigenvalue weighted by Gasteiger charge is -2.30. The van der Waals surface area contributed by atoms with Crippen molar-refractivity contribution in [1.29, 1.82) is 0 Å². The van der Waals surface area contributed by atoms with E-state index in [0.29, 0.717) is 5.92 Å². The van der Waals surface area contributed by atoms with Crippen LogP contribution in [0.3, 0.4) is 0 Å². The van der Waals surface area contributed by atoms with Gasteiger partial charge < -0.3 is 5.32 Å². The summed E-state index contributed by atoms with van der Waals surface area (Å²) in [6.07, 6.45) is 12.1. The molecule has 1 fully saturated rings. The Hall–Kier alpha value is -2.30. The minimum atomic E-state index is -0.0852. The summed E-state index contributed by atoms with van der Waals surface area (Å²) in [6.45, 7) is 0.759. The minimum absolute atomic E-state index is 0.0108. The van der Waals surface area contributed by atoms with Gasteiger partial charge in [0.2, 0.25) is 0 Å². The van der Waals surface area contributed by atoms with Crippen LogP contribution < -0.4 is 10.3 Å². The van der Waals surface area contributed by atoms with Crippen LogP contribution >= 0.6 is 0 Å². The number of nitrogens with zero attached hydrogens (tertiary/aromatic N) is 3. The summed E-state index contributed by atoms with van der Waals surface area (Å²) in [5.41, 5.74) is 2.04. The lowest BCUT2D eigenvalue weighted by atomic mass is 9.89. The van der Waals surface area contributed by atoms with Gasteiger partial charge >= 0.3 is 6.03 Å². The van der Waals surface area contributed by atoms with Gasteiger partial charge in [0.1, 0.15) is 6.04 Å². The highest BCUT2D eigenvalue weighted by Gasteiger charge is 2.38. The van der Waals surface area contributed by atoms with Gasteiger partial charge in [-0.2, -0.15) is 15.2 Å². The van der Waals surface area contributed by atoms with Gasteiger partial charge in [0.05, 0.1) is 5.69 Å². The summed E-state index contributed by atoms with van der Waals surface area (Å²) >= 11 is 0. The first-order valence-electron chi connectivity index (χ1n) is 8.51. The number of carbonyl (C=O) groups is 1. The summed E-state index contributed by atoms with van der Waals surface area (Å²) in [5, 5.41) is 10.9. The van der Waals surface area contributed by atoms with Crippen LogP contribution in [0.15, 0.2) is 41.5 Å². The number of hydrazone groups is 1. The molecule has 1 aromatic carbocycles. The smallest absolute Gasteiger partial charge is 0.336 e. The third-order valence-electron chi connectivity index (χ3n) is 4.96. The Morgan fingerprint density at radius 1 is 1.22 bits per heavy atom. The van der Waals surface area contributed by atoms with Crippen LogP contribution in [0.1, 0.15) is 43.7 Å². The summed E-state index contributed by atoms with van der Waals surface area (Å²) in [6, 6.07) is 7.94. The van der Waals surface area contributed by atoms with Crippen LogP contribution in [0, 0.1) is 5.92 Å². The Balaban J connectivity index is 1.51. The largest absolute Gasteiger partial charge is 0.342 e. The molecule has 4 rings (SSSR count). The molecule has 1 saturated carbocycles. The average molecular weight is 310 g/mol. The Morgan fingerprint density at radius 2 is 2.04 bits per heavy atom. The number of allylic oxidation sites excluding steroid dienone is 1. The highest BCUT2D eigenvalue weighted by Crippen LogP contribution is 2.41. The molecule has 1 atom stereocenters. The second-order valence-corrected chi connectivity index (χ2v) is 6.48. The molecular formula is C18H22N4O. The fraction of sp³-hybridized carbons (Fsp3) is 0.444. The molecule has 1 unspecified atom stereocenters. The van der Waals surface area contributed by atoms with Gasteiger partial charge in [-0.3, -0.25) is 0 Å². The van der Waals surface area contributed by atoms with Crippen molar-refractivity contribution in [1.82, 2.24) is 10.4 Å². The van der Waals surface area contributed by atoms with Crippen molar-refractivity contribution in [2.24, 2.45) is 11.0 Å². The lowest BCUT2D eigenvalue weighted by molar-refractivity contribution is 0.204. The Bertz CT molecular complexity index is 648. The third-order valence-corrected chi connectivity index (χ3v) is 4.96. The zero-order chi connectivity index (χ0) is 15.6. The normalized spacial score (nSPS) is 22.9. The van der Waals surface area contributed by atoms with E-state index in [9.17, 15) is 4.79 Å². The van der Waals surface area contributed by atoms with Crippen molar-refractivity contribution < 1.29 is 4.79 Å². The number of nitrogens with one attached hydrogen (secondary N) is 1. The first kappa shape index (κ1) is 14.3. The summed E-state index contributed by atoms with van der Waals surface area (Å²) in [5.74, 6) is 0.617. The van der Waals surface area contributed by atoms with Gasteiger partial charge in [0.15, 0.2) is 0 Å². The summed E-state index contributed by atoms with van der Waals surface area (Å²) < 4.78 is 0. The second-order valence-electron chi connectivity index (χ2n) is 6.48. The molecule has 120 valence electrons. The third kappa shape index (κ3) is 2.60. The quantitative estimate of drug-likeness (QED) is 0.907. The Kier molecular flexibility index (Phi) is 3.77. The van der Waals surface area contributed by atoms with E-state index in [1.54, 1.807) is 16.3 Å². The Morgan fingerprint density at radius 3 is 2.91 bits per heavy atom. The van der Waals surface area contributed by atoms with Crippen molar-refractivity contribution in [2.75, 3.05) is 11.6 Å². The van der Waals surface area contributed by atoms with E-state index in [1.165, 1.54) is 32.1 Å². The number of carbonyl (C=O) groups excluding carboxylic acids is 1. The number of benzene rings is 1. The fourth-order valence-electron chi connectivity index (χ4n) is 3.76. The molecule has 3 aliphatic rings. The standard InChI is InChI=1S/C18H22N4O/c23-18(19-13-14-7-2-1-3-8-14)21-16-10-5-4-9-15(16)17-11-6-12-20-22(17)21/h4-6,9-12,14,17H,1-3,7-8,13H2,(H,19,23). The van der Waals surface area contributed by atoms with Gasteiger partial charge in [-0.05, 0) is 30.9 Å². The number of hydrogen-bond donors (Lipinski definition) is 1. The van der Waals surface area contributed by atoms with Crippen molar-refractivity contribution in [2.45, 2.75) is 38.1 Å². The maximum Gasteiger partial charge on any atom is 0.342 e. The van der Waals surface area contributed by atoms with E-state index in [1.807, 2.05) is 24.3 Å². The van der Waals surface area contributed by atoms with Crippen LogP contribution in [0.4, 0.5) is 10.5 Å². The number of hydrazine groups is 1. The fourth-order valence-corrected chi connectivity index (χ4v) is 3.76. The average Bonchev–Trinajstić information content (AvgIpc) is 2.95. The van der Waals surface area contributed by atoms with Crippen molar-refractivity contribution in [3.63, 3.8) is 0 Å². The van der Waals surface area contributed by atoms with Crippen molar-refractivity contribution in [3.05, 3.63) is 42.0 Å². The molecule has 2 heterocycles. The van der Waals surface area contributed by atoms with E-state index in [0.717, 1.165) is 17.8 Å². The zero-order valence-corrected chi connectivity index (χ0v) is 13.2. The first-order chi connectivity index (χ1) is 11.3. The number of rotatable bonds is 2. The molecule has 0 saturated heterocycles. The molecular weight excluding hydrogens is 288 g/mol. The molecule has 0 spiro atoms. The number of amides is 2. The van der Waals surface area contributed by atoms with Crippen LogP contribution in [0.2, 0.25) is 0 Å². The van der Waals surface area contributed by atoms with Gasteiger partial charge in [0, 0.05) is 18.3 Å². The molecule has 1 aromatic rings.